The fraction of sp³-hybridized carbons (Fsp3) is 0.333. The van der Waals surface area contributed by atoms with Gasteiger partial charge in [0.1, 0.15) is 0 Å². The highest BCUT2D eigenvalue weighted by atomic mass is 15.2. The van der Waals surface area contributed by atoms with Crippen LogP contribution in [-0.2, 0) is 6.42 Å². The molecule has 0 fully saturated rings. The fourth-order valence-corrected chi connectivity index (χ4v) is 1.91. The molecule has 1 unspecified atom stereocenters. The van der Waals surface area contributed by atoms with Crippen LogP contribution in [0, 0.1) is 0 Å². The molecule has 1 aliphatic heterocycles. The van der Waals surface area contributed by atoms with Crippen LogP contribution >= 0.6 is 0 Å². The van der Waals surface area contributed by atoms with Crippen LogP contribution in [0.2, 0.25) is 0 Å². The number of rotatable bonds is 2. The molecule has 0 radical (unpaired) electrons. The van der Waals surface area contributed by atoms with Crippen molar-refractivity contribution in [3.05, 3.63) is 42.5 Å². The Kier molecular flexibility index (Phi) is 2.09. The van der Waals surface area contributed by atoms with E-state index >= 15 is 0 Å². The quantitative estimate of drug-likeness (QED) is 0.621. The molecule has 0 spiro atoms. The number of para-hydroxylation sites is 1. The lowest BCUT2D eigenvalue weighted by molar-refractivity contribution is 0.766. The minimum atomic E-state index is 0.448. The van der Waals surface area contributed by atoms with E-state index in [4.69, 9.17) is 0 Å². The highest BCUT2D eigenvalue weighted by molar-refractivity contribution is 5.58. The van der Waals surface area contributed by atoms with Crippen LogP contribution in [0.1, 0.15) is 12.5 Å². The maximum Gasteiger partial charge on any atom is 0.0442 e. The van der Waals surface area contributed by atoms with Gasteiger partial charge in [-0.2, -0.15) is 0 Å². The third-order valence-corrected chi connectivity index (χ3v) is 2.76. The molecule has 0 bridgehead atoms. The fourth-order valence-electron chi connectivity index (χ4n) is 1.91. The highest BCUT2D eigenvalue weighted by Crippen LogP contribution is 2.29. The van der Waals surface area contributed by atoms with Crippen molar-refractivity contribution >= 4 is 5.69 Å². The van der Waals surface area contributed by atoms with Crippen molar-refractivity contribution in [3.8, 4) is 0 Å². The second-order valence-electron chi connectivity index (χ2n) is 3.55. The Morgan fingerprint density at radius 1 is 1.46 bits per heavy atom. The van der Waals surface area contributed by atoms with Crippen molar-refractivity contribution in [3.63, 3.8) is 0 Å². The zero-order chi connectivity index (χ0) is 9.26. The smallest absolute Gasteiger partial charge is 0.0442 e. The second kappa shape index (κ2) is 3.25. The Morgan fingerprint density at radius 3 is 3.00 bits per heavy atom. The van der Waals surface area contributed by atoms with Gasteiger partial charge in [-0.25, -0.2) is 0 Å². The van der Waals surface area contributed by atoms with E-state index in [1.165, 1.54) is 17.7 Å². The first-order valence-corrected chi connectivity index (χ1v) is 4.80. The van der Waals surface area contributed by atoms with Crippen molar-refractivity contribution in [1.29, 1.82) is 0 Å². The molecule has 1 aromatic carbocycles. The van der Waals surface area contributed by atoms with E-state index in [0.717, 1.165) is 6.54 Å². The van der Waals surface area contributed by atoms with Crippen LogP contribution in [0.5, 0.6) is 0 Å². The minimum absolute atomic E-state index is 0.448. The third-order valence-electron chi connectivity index (χ3n) is 2.76. The van der Waals surface area contributed by atoms with Gasteiger partial charge in [-0.1, -0.05) is 24.3 Å². The van der Waals surface area contributed by atoms with Crippen LogP contribution in [0.15, 0.2) is 36.9 Å². The second-order valence-corrected chi connectivity index (χ2v) is 3.55. The average Bonchev–Trinajstić information content (AvgIpc) is 2.60. The molecule has 0 aliphatic carbocycles. The zero-order valence-electron chi connectivity index (χ0n) is 8.03. The summed E-state index contributed by atoms with van der Waals surface area (Å²) in [5.41, 5.74) is 2.85. The molecule has 0 saturated carbocycles. The number of benzene rings is 1. The molecule has 1 aromatic rings. The van der Waals surface area contributed by atoms with Crippen molar-refractivity contribution < 1.29 is 0 Å². The predicted molar refractivity (Wildman–Crippen MR) is 57.2 cm³/mol. The van der Waals surface area contributed by atoms with Crippen molar-refractivity contribution in [2.45, 2.75) is 19.4 Å². The number of nitrogens with zero attached hydrogens (tertiary/aromatic N) is 1. The van der Waals surface area contributed by atoms with Gasteiger partial charge in [-0.05, 0) is 25.0 Å². The van der Waals surface area contributed by atoms with Gasteiger partial charge in [-0.3, -0.25) is 0 Å². The first-order valence-electron chi connectivity index (χ1n) is 4.80. The Bertz CT molecular complexity index is 317. The molecular formula is C12H15N. The molecule has 68 valence electrons. The van der Waals surface area contributed by atoms with E-state index in [1.54, 1.807) is 0 Å². The average molecular weight is 173 g/mol. The number of fused-ring (bicyclic) bond motifs is 1. The predicted octanol–water partition coefficient (Wildman–Crippen LogP) is 2.62. The van der Waals surface area contributed by atoms with Crippen LogP contribution in [-0.4, -0.2) is 12.6 Å². The van der Waals surface area contributed by atoms with E-state index in [2.05, 4.69) is 42.7 Å². The Labute approximate surface area is 79.7 Å². The summed E-state index contributed by atoms with van der Waals surface area (Å²) in [5.74, 6) is 0. The summed E-state index contributed by atoms with van der Waals surface area (Å²) in [6.07, 6.45) is 3.18. The number of hydrogen-bond acceptors (Lipinski definition) is 1. The normalized spacial score (nSPS) is 16.8. The van der Waals surface area contributed by atoms with Gasteiger partial charge in [0, 0.05) is 18.3 Å². The molecule has 0 saturated heterocycles. The lowest BCUT2D eigenvalue weighted by Crippen LogP contribution is -2.29. The Balaban J connectivity index is 2.33. The molecule has 1 aliphatic rings. The van der Waals surface area contributed by atoms with Crippen LogP contribution in [0.3, 0.4) is 0 Å². The van der Waals surface area contributed by atoms with E-state index in [1.807, 2.05) is 6.08 Å². The summed E-state index contributed by atoms with van der Waals surface area (Å²) in [5, 5.41) is 0. The van der Waals surface area contributed by atoms with Gasteiger partial charge in [0.15, 0.2) is 0 Å². The molecule has 1 heteroatoms. The number of anilines is 1. The SMILES string of the molecule is C=CC(C)N1CCc2ccccc21. The monoisotopic (exact) mass is 173 g/mol. The van der Waals surface area contributed by atoms with Crippen molar-refractivity contribution in [2.24, 2.45) is 0 Å². The zero-order valence-corrected chi connectivity index (χ0v) is 8.03. The highest BCUT2D eigenvalue weighted by Gasteiger charge is 2.20. The van der Waals surface area contributed by atoms with Gasteiger partial charge in [0.25, 0.3) is 0 Å². The van der Waals surface area contributed by atoms with E-state index in [-0.39, 0.29) is 0 Å². The van der Waals surface area contributed by atoms with E-state index in [9.17, 15) is 0 Å². The van der Waals surface area contributed by atoms with E-state index in [0.29, 0.717) is 6.04 Å². The largest absolute Gasteiger partial charge is 0.365 e. The van der Waals surface area contributed by atoms with Crippen LogP contribution in [0.25, 0.3) is 0 Å². The molecule has 1 heterocycles. The van der Waals surface area contributed by atoms with Gasteiger partial charge in [0.05, 0.1) is 0 Å². The maximum absolute atomic E-state index is 3.84. The van der Waals surface area contributed by atoms with Gasteiger partial charge < -0.3 is 4.90 Å². The summed E-state index contributed by atoms with van der Waals surface area (Å²) >= 11 is 0. The molecule has 1 atom stereocenters. The lowest BCUT2D eigenvalue weighted by Gasteiger charge is -2.24. The maximum atomic E-state index is 3.84. The van der Waals surface area contributed by atoms with Gasteiger partial charge in [-0.15, -0.1) is 6.58 Å². The Morgan fingerprint density at radius 2 is 2.23 bits per heavy atom. The summed E-state index contributed by atoms with van der Waals surface area (Å²) in [6, 6.07) is 9.07. The summed E-state index contributed by atoms with van der Waals surface area (Å²) < 4.78 is 0. The molecular weight excluding hydrogens is 158 g/mol. The van der Waals surface area contributed by atoms with Gasteiger partial charge >= 0.3 is 0 Å². The standard InChI is InChI=1S/C12H15N/c1-3-10(2)13-9-8-11-6-4-5-7-12(11)13/h3-7,10H,1,8-9H2,2H3. The summed E-state index contributed by atoms with van der Waals surface area (Å²) in [7, 11) is 0. The number of hydrogen-bond donors (Lipinski definition) is 0. The Hall–Kier alpha value is -1.24. The lowest BCUT2D eigenvalue weighted by atomic mass is 10.2. The first kappa shape index (κ1) is 8.36. The van der Waals surface area contributed by atoms with E-state index < -0.39 is 0 Å². The summed E-state index contributed by atoms with van der Waals surface area (Å²) in [4.78, 5) is 2.41. The van der Waals surface area contributed by atoms with Crippen molar-refractivity contribution in [2.75, 3.05) is 11.4 Å². The molecule has 2 rings (SSSR count). The molecule has 0 aromatic heterocycles. The first-order chi connectivity index (χ1) is 6.33. The molecule has 1 nitrogen and oxygen atoms in total. The molecule has 0 amide bonds. The van der Waals surface area contributed by atoms with Gasteiger partial charge in [0.2, 0.25) is 0 Å². The topological polar surface area (TPSA) is 3.24 Å². The molecule has 0 N–H and O–H groups in total. The minimum Gasteiger partial charge on any atom is -0.365 e. The third kappa shape index (κ3) is 1.35. The van der Waals surface area contributed by atoms with Crippen LogP contribution < -0.4 is 4.90 Å². The summed E-state index contributed by atoms with van der Waals surface area (Å²) in [6.45, 7) is 7.16. The van der Waals surface area contributed by atoms with Crippen LogP contribution in [0.4, 0.5) is 5.69 Å². The molecule has 13 heavy (non-hydrogen) atoms. The van der Waals surface area contributed by atoms with Crippen molar-refractivity contribution in [1.82, 2.24) is 0 Å².